The molecule has 0 bridgehead atoms. The van der Waals surface area contributed by atoms with Gasteiger partial charge in [-0.3, -0.25) is 9.59 Å². The van der Waals surface area contributed by atoms with Gasteiger partial charge in [0.25, 0.3) is 11.8 Å². The Morgan fingerprint density at radius 2 is 1.83 bits per heavy atom. The van der Waals surface area contributed by atoms with Crippen molar-refractivity contribution in [3.8, 4) is 5.75 Å². The molecule has 2 amide bonds. The maximum atomic E-state index is 12.9. The van der Waals surface area contributed by atoms with E-state index < -0.39 is 11.9 Å². The van der Waals surface area contributed by atoms with Crippen molar-refractivity contribution in [2.75, 3.05) is 31.6 Å². The van der Waals surface area contributed by atoms with Crippen molar-refractivity contribution in [1.29, 1.82) is 0 Å². The predicted molar refractivity (Wildman–Crippen MR) is 111 cm³/mol. The van der Waals surface area contributed by atoms with E-state index in [-0.39, 0.29) is 24.7 Å². The second-order valence-electron chi connectivity index (χ2n) is 6.63. The van der Waals surface area contributed by atoms with Crippen molar-refractivity contribution < 1.29 is 23.9 Å². The van der Waals surface area contributed by atoms with Gasteiger partial charge in [0.1, 0.15) is 10.8 Å². The lowest BCUT2D eigenvalue weighted by atomic mass is 10.1. The number of ether oxygens (including phenoxy) is 2. The number of likely N-dealkylation sites (tertiary alicyclic amines) is 1. The third-order valence-corrected chi connectivity index (χ3v) is 5.78. The molecule has 1 saturated heterocycles. The van der Waals surface area contributed by atoms with Gasteiger partial charge in [-0.1, -0.05) is 18.2 Å². The molecule has 0 saturated carbocycles. The molecule has 1 N–H and O–H groups in total. The lowest BCUT2D eigenvalue weighted by Crippen LogP contribution is -2.27. The van der Waals surface area contributed by atoms with E-state index in [2.05, 4.69) is 5.32 Å². The highest BCUT2D eigenvalue weighted by atomic mass is 32.1. The van der Waals surface area contributed by atoms with E-state index in [4.69, 9.17) is 9.47 Å². The summed E-state index contributed by atoms with van der Waals surface area (Å²) in [6.45, 7) is 4.83. The van der Waals surface area contributed by atoms with Crippen LogP contribution in [0.5, 0.6) is 5.75 Å². The highest BCUT2D eigenvalue weighted by Gasteiger charge is 2.29. The fraction of sp³-hybridized carbons (Fsp3) is 0.381. The van der Waals surface area contributed by atoms with Crippen LogP contribution in [-0.2, 0) is 9.53 Å². The minimum atomic E-state index is -0.555. The van der Waals surface area contributed by atoms with Gasteiger partial charge in [0, 0.05) is 13.1 Å². The smallest absolute Gasteiger partial charge is 0.341 e. The van der Waals surface area contributed by atoms with Gasteiger partial charge in [-0.05, 0) is 44.4 Å². The van der Waals surface area contributed by atoms with Crippen LogP contribution >= 0.6 is 11.3 Å². The summed E-state index contributed by atoms with van der Waals surface area (Å²) in [4.78, 5) is 40.0. The molecule has 0 atom stereocenters. The third kappa shape index (κ3) is 4.95. The van der Waals surface area contributed by atoms with Gasteiger partial charge >= 0.3 is 5.97 Å². The molecule has 29 heavy (non-hydrogen) atoms. The Balaban J connectivity index is 1.79. The van der Waals surface area contributed by atoms with Gasteiger partial charge in [0.05, 0.1) is 17.0 Å². The van der Waals surface area contributed by atoms with Crippen molar-refractivity contribution in [2.24, 2.45) is 0 Å². The summed E-state index contributed by atoms with van der Waals surface area (Å²) in [5.74, 6) is -0.515. The fourth-order valence-corrected chi connectivity index (χ4v) is 4.33. The summed E-state index contributed by atoms with van der Waals surface area (Å²) in [5, 5.41) is 3.02. The number of carbonyl (C=O) groups excluding carboxylic acids is 3. The summed E-state index contributed by atoms with van der Waals surface area (Å²) in [6, 6.07) is 8.97. The standard InChI is InChI=1S/C21H24N2O5S/c1-3-27-21(26)17-14(2)18(20(25)23-11-7-8-12-23)29-19(17)22-16(24)13-28-15-9-5-4-6-10-15/h4-6,9-10H,3,7-8,11-13H2,1-2H3,(H,22,24). The molecule has 7 nitrogen and oxygen atoms in total. The molecule has 1 aliphatic rings. The SMILES string of the molecule is CCOC(=O)c1c(NC(=O)COc2ccccc2)sc(C(=O)N2CCCC2)c1C. The fourth-order valence-electron chi connectivity index (χ4n) is 3.15. The van der Waals surface area contributed by atoms with Crippen molar-refractivity contribution in [1.82, 2.24) is 4.90 Å². The summed E-state index contributed by atoms with van der Waals surface area (Å²) in [6.07, 6.45) is 1.95. The van der Waals surface area contributed by atoms with Crippen molar-refractivity contribution >= 4 is 34.1 Å². The second kappa shape index (κ2) is 9.56. The molecule has 1 aromatic heterocycles. The lowest BCUT2D eigenvalue weighted by molar-refractivity contribution is -0.118. The topological polar surface area (TPSA) is 84.9 Å². The molecule has 0 spiro atoms. The first-order valence-electron chi connectivity index (χ1n) is 9.58. The average molecular weight is 416 g/mol. The molecule has 2 heterocycles. The van der Waals surface area contributed by atoms with Gasteiger partial charge in [-0.25, -0.2) is 4.79 Å². The van der Waals surface area contributed by atoms with Crippen LogP contribution in [0.1, 0.15) is 45.4 Å². The Hall–Kier alpha value is -2.87. The zero-order valence-electron chi connectivity index (χ0n) is 16.5. The number of para-hydroxylation sites is 1. The number of hydrogen-bond donors (Lipinski definition) is 1. The van der Waals surface area contributed by atoms with E-state index in [1.165, 1.54) is 0 Å². The maximum Gasteiger partial charge on any atom is 0.341 e. The molecule has 2 aromatic rings. The predicted octanol–water partition coefficient (Wildman–Crippen LogP) is 3.49. The van der Waals surface area contributed by atoms with Crippen LogP contribution in [-0.4, -0.2) is 49.0 Å². The van der Waals surface area contributed by atoms with Gasteiger partial charge in [-0.2, -0.15) is 0 Å². The van der Waals surface area contributed by atoms with Crippen LogP contribution in [0.2, 0.25) is 0 Å². The van der Waals surface area contributed by atoms with Crippen LogP contribution in [0, 0.1) is 6.92 Å². The summed E-state index contributed by atoms with van der Waals surface area (Å²) >= 11 is 1.11. The van der Waals surface area contributed by atoms with E-state index in [0.29, 0.717) is 34.3 Å². The number of amides is 2. The first-order valence-corrected chi connectivity index (χ1v) is 10.4. The molecule has 0 unspecified atom stereocenters. The molecule has 1 aliphatic heterocycles. The van der Waals surface area contributed by atoms with Crippen molar-refractivity contribution in [2.45, 2.75) is 26.7 Å². The zero-order chi connectivity index (χ0) is 20.8. The van der Waals surface area contributed by atoms with Crippen LogP contribution in [0.4, 0.5) is 5.00 Å². The molecular formula is C21H24N2O5S. The first kappa shape index (κ1) is 20.9. The zero-order valence-corrected chi connectivity index (χ0v) is 17.3. The van der Waals surface area contributed by atoms with Gasteiger partial charge in [-0.15, -0.1) is 11.3 Å². The molecular weight excluding hydrogens is 392 g/mol. The van der Waals surface area contributed by atoms with Gasteiger partial charge in [0.2, 0.25) is 0 Å². The number of thiophene rings is 1. The normalized spacial score (nSPS) is 13.2. The third-order valence-electron chi connectivity index (χ3n) is 4.58. The highest BCUT2D eigenvalue weighted by molar-refractivity contribution is 7.18. The second-order valence-corrected chi connectivity index (χ2v) is 7.65. The first-order chi connectivity index (χ1) is 14.0. The molecule has 154 valence electrons. The van der Waals surface area contributed by atoms with Crippen LogP contribution < -0.4 is 10.1 Å². The number of nitrogens with zero attached hydrogens (tertiary/aromatic N) is 1. The van der Waals surface area contributed by atoms with E-state index >= 15 is 0 Å². The van der Waals surface area contributed by atoms with E-state index in [0.717, 1.165) is 24.2 Å². The number of anilines is 1. The van der Waals surface area contributed by atoms with Crippen LogP contribution in [0.15, 0.2) is 30.3 Å². The minimum absolute atomic E-state index is 0.114. The number of nitrogens with one attached hydrogen (secondary N) is 1. The quantitative estimate of drug-likeness (QED) is 0.699. The van der Waals surface area contributed by atoms with E-state index in [9.17, 15) is 14.4 Å². The summed E-state index contributed by atoms with van der Waals surface area (Å²) < 4.78 is 10.6. The van der Waals surface area contributed by atoms with Crippen LogP contribution in [0.25, 0.3) is 0 Å². The molecule has 0 aliphatic carbocycles. The molecule has 8 heteroatoms. The van der Waals surface area contributed by atoms with Gasteiger partial charge in [0.15, 0.2) is 6.61 Å². The molecule has 3 rings (SSSR count). The highest BCUT2D eigenvalue weighted by Crippen LogP contribution is 2.35. The number of hydrogen-bond acceptors (Lipinski definition) is 6. The van der Waals surface area contributed by atoms with Gasteiger partial charge < -0.3 is 19.7 Å². The average Bonchev–Trinajstić information content (AvgIpc) is 3.35. The Bertz CT molecular complexity index is 888. The van der Waals surface area contributed by atoms with Crippen LogP contribution in [0.3, 0.4) is 0 Å². The Kier molecular flexibility index (Phi) is 6.87. The monoisotopic (exact) mass is 416 g/mol. The van der Waals surface area contributed by atoms with Crippen molar-refractivity contribution in [3.63, 3.8) is 0 Å². The summed E-state index contributed by atoms with van der Waals surface area (Å²) in [7, 11) is 0. The number of carbonyl (C=O) groups is 3. The lowest BCUT2D eigenvalue weighted by Gasteiger charge is -2.14. The number of esters is 1. The number of rotatable bonds is 7. The Morgan fingerprint density at radius 1 is 1.14 bits per heavy atom. The molecule has 1 aromatic carbocycles. The number of benzene rings is 1. The molecule has 0 radical (unpaired) electrons. The maximum absolute atomic E-state index is 12.9. The Morgan fingerprint density at radius 3 is 2.48 bits per heavy atom. The molecule has 1 fully saturated rings. The minimum Gasteiger partial charge on any atom is -0.484 e. The largest absolute Gasteiger partial charge is 0.484 e. The van der Waals surface area contributed by atoms with Crippen molar-refractivity contribution in [3.05, 3.63) is 46.3 Å². The Labute approximate surface area is 173 Å². The summed E-state index contributed by atoms with van der Waals surface area (Å²) in [5.41, 5.74) is 0.761. The van der Waals surface area contributed by atoms with E-state index in [1.54, 1.807) is 30.9 Å². The van der Waals surface area contributed by atoms with E-state index in [1.807, 2.05) is 18.2 Å².